The average molecular weight is 312 g/mol. The molecule has 1 N–H and O–H groups in total. The van der Waals surface area contributed by atoms with Crippen molar-refractivity contribution < 1.29 is 9.90 Å². The Kier molecular flexibility index (Phi) is 2.60. The molecule has 0 unspecified atom stereocenters. The first-order valence-electron chi connectivity index (χ1n) is 5.33. The summed E-state index contributed by atoms with van der Waals surface area (Å²) >= 11 is 5.16. The molecule has 17 heavy (non-hydrogen) atoms. The third kappa shape index (κ3) is 1.83. The molecule has 1 aromatic carbocycles. The maximum absolute atomic E-state index is 11.0. The molecule has 2 heterocycles. The molecule has 0 aliphatic carbocycles. The van der Waals surface area contributed by atoms with Gasteiger partial charge in [-0.2, -0.15) is 0 Å². The number of hydrogen-bond acceptors (Lipinski definition) is 2. The van der Waals surface area contributed by atoms with E-state index in [1.807, 2.05) is 6.07 Å². The number of thiophene rings is 1. The van der Waals surface area contributed by atoms with Crippen LogP contribution in [0.15, 0.2) is 22.7 Å². The third-order valence-electron chi connectivity index (χ3n) is 3.08. The molecule has 88 valence electrons. The summed E-state index contributed by atoms with van der Waals surface area (Å²) in [4.78, 5) is 13.6. The van der Waals surface area contributed by atoms with Crippen LogP contribution in [0.5, 0.6) is 0 Å². The van der Waals surface area contributed by atoms with Crippen LogP contribution in [0, 0.1) is 0 Å². The lowest BCUT2D eigenvalue weighted by atomic mass is 10.0. The van der Waals surface area contributed by atoms with Crippen LogP contribution in [0.1, 0.15) is 10.4 Å². The lowest BCUT2D eigenvalue weighted by molar-refractivity contribution is 0.140. The van der Waals surface area contributed by atoms with Gasteiger partial charge in [-0.05, 0) is 29.5 Å². The van der Waals surface area contributed by atoms with E-state index in [0.717, 1.165) is 10.9 Å². The second kappa shape index (κ2) is 3.99. The molecule has 0 spiro atoms. The number of benzene rings is 1. The van der Waals surface area contributed by atoms with Crippen molar-refractivity contribution in [3.8, 4) is 0 Å². The topological polar surface area (TPSA) is 40.5 Å². The summed E-state index contributed by atoms with van der Waals surface area (Å²) in [6, 6.07) is 6.26. The van der Waals surface area contributed by atoms with E-state index in [9.17, 15) is 4.79 Å². The minimum absolute atomic E-state index is 0.529. The van der Waals surface area contributed by atoms with E-state index in [4.69, 9.17) is 5.11 Å². The minimum Gasteiger partial charge on any atom is -0.465 e. The highest BCUT2D eigenvalue weighted by Crippen LogP contribution is 2.36. The van der Waals surface area contributed by atoms with E-state index in [-0.39, 0.29) is 0 Å². The fraction of sp³-hybridized carbons (Fsp3) is 0.250. The van der Waals surface area contributed by atoms with Crippen molar-refractivity contribution >= 4 is 43.4 Å². The van der Waals surface area contributed by atoms with Crippen molar-refractivity contribution in [3.63, 3.8) is 0 Å². The van der Waals surface area contributed by atoms with Gasteiger partial charge in [-0.1, -0.05) is 22.0 Å². The molecule has 1 aliphatic rings. The van der Waals surface area contributed by atoms with Gasteiger partial charge in [-0.15, -0.1) is 11.3 Å². The molecule has 1 aliphatic heterocycles. The lowest BCUT2D eigenvalue weighted by Crippen LogP contribution is -2.33. The normalized spacial score (nSPS) is 15.0. The zero-order valence-corrected chi connectivity index (χ0v) is 11.3. The zero-order chi connectivity index (χ0) is 12.0. The predicted octanol–water partition coefficient (Wildman–Crippen LogP) is 3.70. The molecule has 0 atom stereocenters. The number of halogens is 1. The molecule has 0 saturated heterocycles. The second-order valence-electron chi connectivity index (χ2n) is 4.10. The van der Waals surface area contributed by atoms with E-state index >= 15 is 0 Å². The van der Waals surface area contributed by atoms with Gasteiger partial charge < -0.3 is 10.0 Å². The summed E-state index contributed by atoms with van der Waals surface area (Å²) in [5.74, 6) is 0. The van der Waals surface area contributed by atoms with Crippen molar-refractivity contribution in [2.75, 3.05) is 6.54 Å². The fourth-order valence-corrected chi connectivity index (χ4v) is 4.06. The SMILES string of the molecule is O=C(O)N1CCc2c(sc3cc(Br)ccc23)C1. The van der Waals surface area contributed by atoms with Gasteiger partial charge in [-0.25, -0.2) is 4.79 Å². The van der Waals surface area contributed by atoms with E-state index in [1.54, 1.807) is 11.3 Å². The Morgan fingerprint density at radius 2 is 2.29 bits per heavy atom. The van der Waals surface area contributed by atoms with Crippen LogP contribution in [0.4, 0.5) is 4.79 Å². The standard InChI is InChI=1S/C12H10BrNO2S/c13-7-1-2-8-9-3-4-14(12(15)16)6-11(9)17-10(8)5-7/h1-2,5H,3-4,6H2,(H,15,16). The molecular weight excluding hydrogens is 302 g/mol. The van der Waals surface area contributed by atoms with E-state index in [1.165, 1.54) is 25.4 Å². The van der Waals surface area contributed by atoms with Crippen LogP contribution < -0.4 is 0 Å². The van der Waals surface area contributed by atoms with Gasteiger partial charge in [0.15, 0.2) is 0 Å². The largest absolute Gasteiger partial charge is 0.465 e. The summed E-state index contributed by atoms with van der Waals surface area (Å²) in [6.45, 7) is 1.13. The van der Waals surface area contributed by atoms with Crippen LogP contribution >= 0.6 is 27.3 Å². The van der Waals surface area contributed by atoms with E-state index in [2.05, 4.69) is 28.1 Å². The molecule has 2 aromatic rings. The van der Waals surface area contributed by atoms with Gasteiger partial charge in [0.05, 0.1) is 6.54 Å². The molecule has 3 nitrogen and oxygen atoms in total. The monoisotopic (exact) mass is 311 g/mol. The van der Waals surface area contributed by atoms with Crippen LogP contribution in [-0.4, -0.2) is 22.6 Å². The van der Waals surface area contributed by atoms with E-state index in [0.29, 0.717) is 13.1 Å². The molecule has 0 radical (unpaired) electrons. The van der Waals surface area contributed by atoms with Crippen molar-refractivity contribution in [3.05, 3.63) is 33.1 Å². The first kappa shape index (κ1) is 11.0. The van der Waals surface area contributed by atoms with Gasteiger partial charge in [-0.3, -0.25) is 0 Å². The first-order valence-corrected chi connectivity index (χ1v) is 6.94. The van der Waals surface area contributed by atoms with Crippen molar-refractivity contribution in [2.45, 2.75) is 13.0 Å². The molecule has 0 fully saturated rings. The Morgan fingerprint density at radius 3 is 3.06 bits per heavy atom. The highest BCUT2D eigenvalue weighted by molar-refractivity contribution is 9.10. The molecule has 1 amide bonds. The predicted molar refractivity (Wildman–Crippen MR) is 71.7 cm³/mol. The Morgan fingerprint density at radius 1 is 1.47 bits per heavy atom. The smallest absolute Gasteiger partial charge is 0.407 e. The molecule has 1 aromatic heterocycles. The summed E-state index contributed by atoms with van der Waals surface area (Å²) < 4.78 is 2.30. The van der Waals surface area contributed by atoms with Crippen molar-refractivity contribution in [1.29, 1.82) is 0 Å². The average Bonchev–Trinajstić information content (AvgIpc) is 2.64. The van der Waals surface area contributed by atoms with Gasteiger partial charge in [0.1, 0.15) is 0 Å². The zero-order valence-electron chi connectivity index (χ0n) is 8.94. The molecule has 3 rings (SSSR count). The first-order chi connectivity index (χ1) is 8.15. The maximum Gasteiger partial charge on any atom is 0.407 e. The Balaban J connectivity index is 2.09. The number of rotatable bonds is 0. The van der Waals surface area contributed by atoms with Gasteiger partial charge in [0.2, 0.25) is 0 Å². The maximum atomic E-state index is 11.0. The van der Waals surface area contributed by atoms with Gasteiger partial charge >= 0.3 is 6.09 Å². The second-order valence-corrected chi connectivity index (χ2v) is 6.15. The van der Waals surface area contributed by atoms with Crippen molar-refractivity contribution in [1.82, 2.24) is 4.90 Å². The minimum atomic E-state index is -0.825. The third-order valence-corrected chi connectivity index (χ3v) is 4.75. The number of nitrogens with zero attached hydrogens (tertiary/aromatic N) is 1. The molecule has 5 heteroatoms. The van der Waals surface area contributed by atoms with Gasteiger partial charge in [0, 0.05) is 20.6 Å². The molecule has 0 bridgehead atoms. The number of hydrogen-bond donors (Lipinski definition) is 1. The van der Waals surface area contributed by atoms with Crippen LogP contribution in [0.25, 0.3) is 10.1 Å². The van der Waals surface area contributed by atoms with Crippen LogP contribution in [0.2, 0.25) is 0 Å². The fourth-order valence-electron chi connectivity index (χ4n) is 2.24. The Bertz CT molecular complexity index is 608. The lowest BCUT2D eigenvalue weighted by Gasteiger charge is -2.23. The van der Waals surface area contributed by atoms with Crippen LogP contribution in [-0.2, 0) is 13.0 Å². The number of carboxylic acid groups (broad SMARTS) is 1. The highest BCUT2D eigenvalue weighted by atomic mass is 79.9. The molecule has 0 saturated carbocycles. The summed E-state index contributed by atoms with van der Waals surface area (Å²) in [6.07, 6.45) is -0.00205. The quantitative estimate of drug-likeness (QED) is 0.806. The Labute approximate surface area is 111 Å². The number of carbonyl (C=O) groups is 1. The number of amides is 1. The highest BCUT2D eigenvalue weighted by Gasteiger charge is 2.23. The molecular formula is C12H10BrNO2S. The van der Waals surface area contributed by atoms with E-state index < -0.39 is 6.09 Å². The van der Waals surface area contributed by atoms with Crippen molar-refractivity contribution in [2.24, 2.45) is 0 Å². The summed E-state index contributed by atoms with van der Waals surface area (Å²) in [7, 11) is 0. The summed E-state index contributed by atoms with van der Waals surface area (Å²) in [5.41, 5.74) is 1.33. The Hall–Kier alpha value is -1.07. The van der Waals surface area contributed by atoms with Crippen LogP contribution in [0.3, 0.4) is 0 Å². The summed E-state index contributed by atoms with van der Waals surface area (Å²) in [5, 5.41) is 10.3. The van der Waals surface area contributed by atoms with Gasteiger partial charge in [0.25, 0.3) is 0 Å². The number of fused-ring (bicyclic) bond motifs is 3.